The first-order chi connectivity index (χ1) is 10.7. The molecule has 0 unspecified atom stereocenters. The third-order valence-electron chi connectivity index (χ3n) is 4.43. The highest BCUT2D eigenvalue weighted by Gasteiger charge is 2.54. The van der Waals surface area contributed by atoms with Gasteiger partial charge in [-0.3, -0.25) is 14.9 Å². The van der Waals surface area contributed by atoms with Crippen LogP contribution in [0, 0.1) is 15.5 Å². The summed E-state index contributed by atoms with van der Waals surface area (Å²) in [5.41, 5.74) is 0.817. The van der Waals surface area contributed by atoms with Crippen molar-refractivity contribution in [1.29, 1.82) is 0 Å². The van der Waals surface area contributed by atoms with Crippen LogP contribution in [0.5, 0.6) is 0 Å². The third kappa shape index (κ3) is 2.95. The summed E-state index contributed by atoms with van der Waals surface area (Å²) >= 11 is 0. The van der Waals surface area contributed by atoms with Crippen molar-refractivity contribution in [2.24, 2.45) is 5.41 Å². The van der Waals surface area contributed by atoms with Gasteiger partial charge < -0.3 is 10.2 Å². The molecule has 9 heteroatoms. The number of non-ortho nitro benzene ring substituents is 1. The number of alkyl halides is 3. The summed E-state index contributed by atoms with van der Waals surface area (Å²) in [7, 11) is 0. The maximum Gasteiger partial charge on any atom is 0.471 e. The number of benzene rings is 1. The van der Waals surface area contributed by atoms with Gasteiger partial charge in [-0.1, -0.05) is 0 Å². The highest BCUT2D eigenvalue weighted by Crippen LogP contribution is 2.49. The molecule has 0 atom stereocenters. The van der Waals surface area contributed by atoms with E-state index in [4.69, 9.17) is 0 Å². The van der Waals surface area contributed by atoms with Crippen molar-refractivity contribution in [2.45, 2.75) is 25.1 Å². The van der Waals surface area contributed by atoms with Crippen LogP contribution in [-0.4, -0.2) is 36.1 Å². The molecule has 1 aromatic carbocycles. The first-order valence-corrected chi connectivity index (χ1v) is 7.06. The fourth-order valence-electron chi connectivity index (χ4n) is 3.34. The number of amides is 1. The van der Waals surface area contributed by atoms with Crippen LogP contribution in [0.1, 0.15) is 12.8 Å². The number of nitrogens with zero attached hydrogens (tertiary/aromatic N) is 2. The second kappa shape index (κ2) is 5.10. The Morgan fingerprint density at radius 1 is 1.26 bits per heavy atom. The summed E-state index contributed by atoms with van der Waals surface area (Å²) in [5.74, 6) is -1.89. The second-order valence-electron chi connectivity index (χ2n) is 6.21. The lowest BCUT2D eigenvalue weighted by atomic mass is 9.60. The zero-order chi connectivity index (χ0) is 16.8. The van der Waals surface area contributed by atoms with E-state index in [-0.39, 0.29) is 11.1 Å². The van der Waals surface area contributed by atoms with Crippen LogP contribution < -0.4 is 10.2 Å². The number of rotatable bonds is 3. The molecule has 23 heavy (non-hydrogen) atoms. The molecule has 2 aliphatic rings. The molecule has 1 N–H and O–H groups in total. The van der Waals surface area contributed by atoms with Gasteiger partial charge in [0.15, 0.2) is 0 Å². The molecular weight excluding hydrogens is 315 g/mol. The van der Waals surface area contributed by atoms with E-state index in [9.17, 15) is 28.1 Å². The van der Waals surface area contributed by atoms with Crippen molar-refractivity contribution in [1.82, 2.24) is 5.32 Å². The molecule has 1 spiro atoms. The second-order valence-corrected chi connectivity index (χ2v) is 6.21. The number of carbonyl (C=O) groups excluding carboxylic acids is 1. The lowest BCUT2D eigenvalue weighted by Crippen LogP contribution is -2.67. The Kier molecular flexibility index (Phi) is 3.46. The van der Waals surface area contributed by atoms with Crippen LogP contribution in [0.3, 0.4) is 0 Å². The monoisotopic (exact) mass is 329 g/mol. The number of carbonyl (C=O) groups is 1. The Balaban J connectivity index is 1.49. The molecule has 0 bridgehead atoms. The topological polar surface area (TPSA) is 75.5 Å². The van der Waals surface area contributed by atoms with Gasteiger partial charge in [0.2, 0.25) is 0 Å². The van der Waals surface area contributed by atoms with Crippen LogP contribution in [0.25, 0.3) is 0 Å². The zero-order valence-electron chi connectivity index (χ0n) is 12.0. The van der Waals surface area contributed by atoms with Gasteiger partial charge in [-0.25, -0.2) is 0 Å². The number of halogens is 3. The quantitative estimate of drug-likeness (QED) is 0.682. The van der Waals surface area contributed by atoms with E-state index in [2.05, 4.69) is 0 Å². The van der Waals surface area contributed by atoms with E-state index in [1.807, 2.05) is 10.2 Å². The van der Waals surface area contributed by atoms with E-state index in [0.717, 1.165) is 5.69 Å². The molecule has 1 saturated carbocycles. The van der Waals surface area contributed by atoms with E-state index >= 15 is 0 Å². The lowest BCUT2D eigenvalue weighted by Gasteiger charge is -2.60. The normalized spacial score (nSPS) is 19.9. The minimum absolute atomic E-state index is 0.0163. The summed E-state index contributed by atoms with van der Waals surface area (Å²) in [5, 5.41) is 12.6. The number of anilines is 1. The van der Waals surface area contributed by atoms with Crippen LogP contribution >= 0.6 is 0 Å². The van der Waals surface area contributed by atoms with Gasteiger partial charge in [-0.05, 0) is 25.0 Å². The van der Waals surface area contributed by atoms with Gasteiger partial charge in [0, 0.05) is 42.4 Å². The van der Waals surface area contributed by atoms with Crippen LogP contribution in [-0.2, 0) is 4.79 Å². The highest BCUT2D eigenvalue weighted by atomic mass is 19.4. The highest BCUT2D eigenvalue weighted by molar-refractivity contribution is 5.82. The third-order valence-corrected chi connectivity index (χ3v) is 4.43. The van der Waals surface area contributed by atoms with Crippen molar-refractivity contribution in [3.63, 3.8) is 0 Å². The fourth-order valence-corrected chi connectivity index (χ4v) is 3.34. The molecule has 1 aliphatic carbocycles. The Labute approximate surface area is 129 Å². The van der Waals surface area contributed by atoms with Gasteiger partial charge in [0.1, 0.15) is 0 Å². The Morgan fingerprint density at radius 3 is 2.30 bits per heavy atom. The average molecular weight is 329 g/mol. The van der Waals surface area contributed by atoms with Crippen molar-refractivity contribution in [2.75, 3.05) is 18.0 Å². The minimum Gasteiger partial charge on any atom is -0.370 e. The number of hydrogen-bond acceptors (Lipinski definition) is 4. The Morgan fingerprint density at radius 2 is 1.83 bits per heavy atom. The van der Waals surface area contributed by atoms with Crippen LogP contribution in [0.2, 0.25) is 0 Å². The van der Waals surface area contributed by atoms with E-state index in [0.29, 0.717) is 25.9 Å². The summed E-state index contributed by atoms with van der Waals surface area (Å²) in [6, 6.07) is 5.74. The standard InChI is InChI=1S/C14H14F3N3O3/c15-14(16,17)12(21)18-9-5-13(6-9)7-19(8-13)10-1-3-11(4-2-10)20(22)23/h1-4,9H,5-8H2,(H,18,21). The molecule has 6 nitrogen and oxygen atoms in total. The largest absolute Gasteiger partial charge is 0.471 e. The molecule has 124 valence electrons. The fraction of sp³-hybridized carbons (Fsp3) is 0.500. The predicted molar refractivity (Wildman–Crippen MR) is 75.0 cm³/mol. The first-order valence-electron chi connectivity index (χ1n) is 7.06. The zero-order valence-corrected chi connectivity index (χ0v) is 12.0. The van der Waals surface area contributed by atoms with Crippen molar-refractivity contribution < 1.29 is 22.9 Å². The first kappa shape index (κ1) is 15.6. The molecule has 1 saturated heterocycles. The molecule has 0 radical (unpaired) electrons. The number of nitro benzene ring substituents is 1. The van der Waals surface area contributed by atoms with Crippen LogP contribution in [0.15, 0.2) is 24.3 Å². The summed E-state index contributed by atoms with van der Waals surface area (Å²) < 4.78 is 36.5. The smallest absolute Gasteiger partial charge is 0.370 e. The van der Waals surface area contributed by atoms with Gasteiger partial charge in [-0.2, -0.15) is 13.2 Å². The van der Waals surface area contributed by atoms with Crippen LogP contribution in [0.4, 0.5) is 24.5 Å². The lowest BCUT2D eigenvalue weighted by molar-refractivity contribution is -0.384. The van der Waals surface area contributed by atoms with Crippen molar-refractivity contribution >= 4 is 17.3 Å². The van der Waals surface area contributed by atoms with E-state index in [1.54, 1.807) is 12.1 Å². The number of nitrogens with one attached hydrogen (secondary N) is 1. The van der Waals surface area contributed by atoms with Gasteiger partial charge in [0.05, 0.1) is 4.92 Å². The number of hydrogen-bond donors (Lipinski definition) is 1. The molecular formula is C14H14F3N3O3. The maximum atomic E-state index is 12.2. The minimum atomic E-state index is -4.84. The molecule has 1 aromatic rings. The van der Waals surface area contributed by atoms with E-state index in [1.165, 1.54) is 12.1 Å². The number of nitro groups is 1. The summed E-state index contributed by atoms with van der Waals surface area (Å²) in [6.45, 7) is 1.37. The van der Waals surface area contributed by atoms with E-state index < -0.39 is 23.0 Å². The average Bonchev–Trinajstić information content (AvgIpc) is 2.38. The summed E-state index contributed by atoms with van der Waals surface area (Å²) in [4.78, 5) is 23.0. The van der Waals surface area contributed by atoms with Crippen molar-refractivity contribution in [3.8, 4) is 0 Å². The molecule has 0 aromatic heterocycles. The Hall–Kier alpha value is -2.32. The molecule has 3 rings (SSSR count). The SMILES string of the molecule is O=C(NC1CC2(C1)CN(c1ccc([N+](=O)[O-])cc1)C2)C(F)(F)F. The van der Waals surface area contributed by atoms with Gasteiger partial charge in [0.25, 0.3) is 5.69 Å². The van der Waals surface area contributed by atoms with Gasteiger partial charge >= 0.3 is 12.1 Å². The molecule has 2 fully saturated rings. The predicted octanol–water partition coefficient (Wildman–Crippen LogP) is 2.24. The molecule has 1 heterocycles. The summed E-state index contributed by atoms with van der Waals surface area (Å²) in [6.07, 6.45) is -3.79. The van der Waals surface area contributed by atoms with Gasteiger partial charge in [-0.15, -0.1) is 0 Å². The molecule has 1 amide bonds. The van der Waals surface area contributed by atoms with Crippen molar-refractivity contribution in [3.05, 3.63) is 34.4 Å². The Bertz CT molecular complexity index is 631. The maximum absolute atomic E-state index is 12.2. The molecule has 1 aliphatic heterocycles.